The molecule has 2 rings (SSSR count). The summed E-state index contributed by atoms with van der Waals surface area (Å²) in [6.07, 6.45) is 4.52. The van der Waals surface area contributed by atoms with E-state index in [1.165, 1.54) is 24.9 Å². The molecule has 0 spiro atoms. The van der Waals surface area contributed by atoms with Crippen LogP contribution in [0.2, 0.25) is 0 Å². The Kier molecular flexibility index (Phi) is 4.00. The number of aromatic nitrogens is 1. The molecule has 0 bridgehead atoms. The first-order valence-corrected chi connectivity index (χ1v) is 6.58. The first-order valence-electron chi connectivity index (χ1n) is 6.58. The summed E-state index contributed by atoms with van der Waals surface area (Å²) in [4.78, 5) is 6.97. The fourth-order valence-corrected chi connectivity index (χ4v) is 2.81. The average molecular weight is 233 g/mol. The summed E-state index contributed by atoms with van der Waals surface area (Å²) in [5, 5.41) is 3.18. The third kappa shape index (κ3) is 2.78. The molecule has 94 valence electrons. The Morgan fingerprint density at radius 2 is 2.35 bits per heavy atom. The summed E-state index contributed by atoms with van der Waals surface area (Å²) in [6.45, 7) is 6.89. The van der Waals surface area contributed by atoms with Crippen molar-refractivity contribution in [2.24, 2.45) is 5.92 Å². The summed E-state index contributed by atoms with van der Waals surface area (Å²) in [6, 6.07) is 4.94. The number of rotatable bonds is 4. The van der Waals surface area contributed by atoms with Crippen molar-refractivity contribution >= 4 is 5.82 Å². The first kappa shape index (κ1) is 12.4. The summed E-state index contributed by atoms with van der Waals surface area (Å²) >= 11 is 0. The van der Waals surface area contributed by atoms with Crippen molar-refractivity contribution in [2.45, 2.75) is 39.3 Å². The third-order valence-electron chi connectivity index (χ3n) is 3.69. The zero-order valence-corrected chi connectivity index (χ0v) is 11.1. The molecule has 1 aliphatic rings. The van der Waals surface area contributed by atoms with Gasteiger partial charge in [-0.25, -0.2) is 4.98 Å². The van der Waals surface area contributed by atoms with Crippen LogP contribution < -0.4 is 5.32 Å². The molecule has 3 heteroatoms. The van der Waals surface area contributed by atoms with Crippen LogP contribution in [-0.2, 0) is 6.54 Å². The highest BCUT2D eigenvalue weighted by molar-refractivity contribution is 5.42. The second kappa shape index (κ2) is 5.50. The van der Waals surface area contributed by atoms with E-state index in [9.17, 15) is 0 Å². The highest BCUT2D eigenvalue weighted by Gasteiger charge is 2.27. The Hall–Kier alpha value is -1.09. The van der Waals surface area contributed by atoms with E-state index in [1.54, 1.807) is 0 Å². The van der Waals surface area contributed by atoms with Crippen molar-refractivity contribution in [1.29, 1.82) is 0 Å². The minimum atomic E-state index is 0.736. The van der Waals surface area contributed by atoms with E-state index < -0.39 is 0 Å². The number of hydrogen-bond acceptors (Lipinski definition) is 3. The molecule has 0 saturated carbocycles. The third-order valence-corrected chi connectivity index (χ3v) is 3.69. The van der Waals surface area contributed by atoms with Crippen molar-refractivity contribution in [3.63, 3.8) is 0 Å². The molecule has 1 N–H and O–H groups in total. The normalized spacial score (nSPS) is 21.1. The van der Waals surface area contributed by atoms with E-state index in [0.29, 0.717) is 0 Å². The van der Waals surface area contributed by atoms with Gasteiger partial charge in [0.05, 0.1) is 0 Å². The van der Waals surface area contributed by atoms with Crippen LogP contribution in [-0.4, -0.2) is 29.5 Å². The quantitative estimate of drug-likeness (QED) is 0.866. The van der Waals surface area contributed by atoms with Crippen molar-refractivity contribution in [3.8, 4) is 0 Å². The largest absolute Gasteiger partial charge is 0.373 e. The molecule has 1 fully saturated rings. The molecule has 1 aromatic rings. The molecule has 1 atom stereocenters. The SMILES string of the molecule is CNc1ncccc1CN1CCCC1C(C)C. The van der Waals surface area contributed by atoms with Crippen molar-refractivity contribution in [1.82, 2.24) is 9.88 Å². The molecule has 1 aliphatic heterocycles. The minimum absolute atomic E-state index is 0.736. The van der Waals surface area contributed by atoms with Crippen LogP contribution in [0, 0.1) is 5.92 Å². The smallest absolute Gasteiger partial charge is 0.130 e. The van der Waals surface area contributed by atoms with Gasteiger partial charge in [0.25, 0.3) is 0 Å². The predicted octanol–water partition coefficient (Wildman–Crippen LogP) is 2.74. The molecule has 1 saturated heterocycles. The summed E-state index contributed by atoms with van der Waals surface area (Å²) < 4.78 is 0. The zero-order chi connectivity index (χ0) is 12.3. The number of anilines is 1. The number of hydrogen-bond donors (Lipinski definition) is 1. The fourth-order valence-electron chi connectivity index (χ4n) is 2.81. The van der Waals surface area contributed by atoms with Gasteiger partial charge in [-0.2, -0.15) is 0 Å². The lowest BCUT2D eigenvalue weighted by molar-refractivity contribution is 0.199. The van der Waals surface area contributed by atoms with Crippen LogP contribution in [0.1, 0.15) is 32.3 Å². The lowest BCUT2D eigenvalue weighted by atomic mass is 10.0. The van der Waals surface area contributed by atoms with Crippen LogP contribution in [0.15, 0.2) is 18.3 Å². The highest BCUT2D eigenvalue weighted by atomic mass is 15.2. The second-order valence-corrected chi connectivity index (χ2v) is 5.19. The van der Waals surface area contributed by atoms with Crippen molar-refractivity contribution in [3.05, 3.63) is 23.9 Å². The molecule has 3 nitrogen and oxygen atoms in total. The predicted molar refractivity (Wildman–Crippen MR) is 72.1 cm³/mol. The molecule has 0 aliphatic carbocycles. The standard InChI is InChI=1S/C14H23N3/c1-11(2)13-7-5-9-17(13)10-12-6-4-8-16-14(12)15-3/h4,6,8,11,13H,5,7,9-10H2,1-3H3,(H,15,16). The number of nitrogens with zero attached hydrogens (tertiary/aromatic N) is 2. The van der Waals surface area contributed by atoms with Gasteiger partial charge in [-0.3, -0.25) is 4.90 Å². The van der Waals surface area contributed by atoms with Crippen LogP contribution >= 0.6 is 0 Å². The fraction of sp³-hybridized carbons (Fsp3) is 0.643. The highest BCUT2D eigenvalue weighted by Crippen LogP contribution is 2.26. The summed E-state index contributed by atoms with van der Waals surface area (Å²) in [5.41, 5.74) is 1.31. The molecule has 1 unspecified atom stereocenters. The van der Waals surface area contributed by atoms with Gasteiger partial charge in [-0.15, -0.1) is 0 Å². The molecule has 17 heavy (non-hydrogen) atoms. The summed E-state index contributed by atoms with van der Waals surface area (Å²) in [7, 11) is 1.94. The van der Waals surface area contributed by atoms with Gasteiger partial charge in [0.1, 0.15) is 5.82 Å². The second-order valence-electron chi connectivity index (χ2n) is 5.19. The molecule has 0 amide bonds. The van der Waals surface area contributed by atoms with Gasteiger partial charge in [0.2, 0.25) is 0 Å². The van der Waals surface area contributed by atoms with Gasteiger partial charge < -0.3 is 5.32 Å². The molecular formula is C14H23N3. The topological polar surface area (TPSA) is 28.2 Å². The van der Waals surface area contributed by atoms with Crippen molar-refractivity contribution < 1.29 is 0 Å². The van der Waals surface area contributed by atoms with Gasteiger partial charge in [-0.1, -0.05) is 19.9 Å². The van der Waals surface area contributed by atoms with E-state index in [0.717, 1.165) is 24.3 Å². The van der Waals surface area contributed by atoms with Gasteiger partial charge in [0.15, 0.2) is 0 Å². The summed E-state index contributed by atoms with van der Waals surface area (Å²) in [5.74, 6) is 1.76. The Balaban J connectivity index is 2.09. The Morgan fingerprint density at radius 1 is 1.53 bits per heavy atom. The number of nitrogens with one attached hydrogen (secondary N) is 1. The maximum atomic E-state index is 4.37. The maximum absolute atomic E-state index is 4.37. The lowest BCUT2D eigenvalue weighted by Gasteiger charge is -2.28. The van der Waals surface area contributed by atoms with E-state index in [-0.39, 0.29) is 0 Å². The van der Waals surface area contributed by atoms with Crippen molar-refractivity contribution in [2.75, 3.05) is 18.9 Å². The Morgan fingerprint density at radius 3 is 3.06 bits per heavy atom. The molecule has 0 radical (unpaired) electrons. The van der Waals surface area contributed by atoms with Gasteiger partial charge in [-0.05, 0) is 31.4 Å². The van der Waals surface area contributed by atoms with E-state index in [2.05, 4.69) is 35.1 Å². The lowest BCUT2D eigenvalue weighted by Crippen LogP contribution is -2.33. The average Bonchev–Trinajstić information content (AvgIpc) is 2.78. The van der Waals surface area contributed by atoms with E-state index >= 15 is 0 Å². The molecule has 0 aromatic carbocycles. The maximum Gasteiger partial charge on any atom is 0.130 e. The number of pyridine rings is 1. The molecule has 1 aromatic heterocycles. The number of likely N-dealkylation sites (tertiary alicyclic amines) is 1. The van der Waals surface area contributed by atoms with Gasteiger partial charge in [0, 0.05) is 31.4 Å². The molecule has 2 heterocycles. The minimum Gasteiger partial charge on any atom is -0.373 e. The Bertz CT molecular complexity index is 362. The van der Waals surface area contributed by atoms with Crippen LogP contribution in [0.4, 0.5) is 5.82 Å². The van der Waals surface area contributed by atoms with Crippen LogP contribution in [0.5, 0.6) is 0 Å². The van der Waals surface area contributed by atoms with Crippen LogP contribution in [0.25, 0.3) is 0 Å². The molecular weight excluding hydrogens is 210 g/mol. The zero-order valence-electron chi connectivity index (χ0n) is 11.1. The first-order chi connectivity index (χ1) is 8.22. The van der Waals surface area contributed by atoms with Gasteiger partial charge >= 0.3 is 0 Å². The monoisotopic (exact) mass is 233 g/mol. The van der Waals surface area contributed by atoms with Crippen LogP contribution in [0.3, 0.4) is 0 Å². The van der Waals surface area contributed by atoms with E-state index in [1.807, 2.05) is 19.3 Å². The Labute approximate surface area is 104 Å². The van der Waals surface area contributed by atoms with E-state index in [4.69, 9.17) is 0 Å².